The van der Waals surface area contributed by atoms with Gasteiger partial charge in [-0.25, -0.2) is 0 Å². The van der Waals surface area contributed by atoms with E-state index in [1.54, 1.807) is 0 Å². The van der Waals surface area contributed by atoms with Crippen molar-refractivity contribution >= 4 is 5.78 Å². The number of nitrogens with zero attached hydrogens (tertiary/aromatic N) is 1. The van der Waals surface area contributed by atoms with Crippen LogP contribution < -0.4 is 0 Å². The highest BCUT2D eigenvalue weighted by Gasteiger charge is 2.43. The average Bonchev–Trinajstić information content (AvgIpc) is 2.72. The van der Waals surface area contributed by atoms with Crippen molar-refractivity contribution in [1.29, 1.82) is 0 Å². The van der Waals surface area contributed by atoms with Gasteiger partial charge in [0.25, 0.3) is 0 Å². The number of aryl methyl sites for hydroxylation is 1. The van der Waals surface area contributed by atoms with Crippen LogP contribution in [0.15, 0.2) is 84.9 Å². The Bertz CT molecular complexity index is 876. The van der Waals surface area contributed by atoms with Crippen LogP contribution in [0.3, 0.4) is 0 Å². The summed E-state index contributed by atoms with van der Waals surface area (Å²) in [6, 6.07) is 28.6. The summed E-state index contributed by atoms with van der Waals surface area (Å²) in [5.74, 6) is 0.155. The number of ketones is 1. The third kappa shape index (κ3) is 3.93. The summed E-state index contributed by atoms with van der Waals surface area (Å²) in [4.78, 5) is 16.3. The molecule has 2 heteroatoms. The first-order valence-corrected chi connectivity index (χ1v) is 9.84. The van der Waals surface area contributed by atoms with Crippen LogP contribution in [0.5, 0.6) is 0 Å². The monoisotopic (exact) mass is 371 g/mol. The number of Topliss-reactive ketones (excluding diaryl/α,β-unsaturated/α-hetero) is 1. The molecule has 0 amide bonds. The number of carbonyl (C=O) groups is 1. The molecule has 0 fully saturated rings. The fraction of sp³-hybridized carbons (Fsp3) is 0.269. The zero-order valence-electron chi connectivity index (χ0n) is 17.2. The zero-order valence-corrected chi connectivity index (χ0v) is 17.2. The van der Waals surface area contributed by atoms with Gasteiger partial charge in [-0.05, 0) is 51.6 Å². The van der Waals surface area contributed by atoms with Crippen LogP contribution in [0, 0.1) is 6.92 Å². The molecule has 0 bridgehead atoms. The normalized spacial score (nSPS) is 12.8. The van der Waals surface area contributed by atoms with E-state index in [4.69, 9.17) is 0 Å². The third-order valence-electron chi connectivity index (χ3n) is 5.68. The van der Waals surface area contributed by atoms with Crippen LogP contribution in [0.4, 0.5) is 0 Å². The summed E-state index contributed by atoms with van der Waals surface area (Å²) in [5.41, 5.74) is 3.21. The minimum Gasteiger partial charge on any atom is -0.307 e. The van der Waals surface area contributed by atoms with Gasteiger partial charge in [0.2, 0.25) is 0 Å². The number of rotatable bonds is 7. The first kappa shape index (κ1) is 20.0. The van der Waals surface area contributed by atoms with Crippen molar-refractivity contribution in [1.82, 2.24) is 4.90 Å². The molecule has 0 aromatic heterocycles. The SMILES string of the molecule is Cc1cccc(C(=O)C(C[C@@H](C)N(C)C)(c2ccccc2)c2ccccc2)c1. The van der Waals surface area contributed by atoms with Crippen molar-refractivity contribution in [2.24, 2.45) is 0 Å². The van der Waals surface area contributed by atoms with Crippen molar-refractivity contribution in [3.05, 3.63) is 107 Å². The van der Waals surface area contributed by atoms with E-state index in [9.17, 15) is 4.79 Å². The largest absolute Gasteiger partial charge is 0.307 e. The maximum atomic E-state index is 14.2. The van der Waals surface area contributed by atoms with Crippen molar-refractivity contribution in [2.75, 3.05) is 14.1 Å². The van der Waals surface area contributed by atoms with E-state index in [-0.39, 0.29) is 11.8 Å². The molecule has 0 spiro atoms. The van der Waals surface area contributed by atoms with E-state index in [0.29, 0.717) is 6.42 Å². The molecule has 1 atom stereocenters. The van der Waals surface area contributed by atoms with Gasteiger partial charge in [0.1, 0.15) is 0 Å². The van der Waals surface area contributed by atoms with Crippen LogP contribution in [0.2, 0.25) is 0 Å². The van der Waals surface area contributed by atoms with Crippen molar-refractivity contribution < 1.29 is 4.79 Å². The van der Waals surface area contributed by atoms with E-state index in [1.807, 2.05) is 67.6 Å². The maximum absolute atomic E-state index is 14.2. The standard InChI is InChI=1S/C26H29NO/c1-20-12-11-13-22(18-20)25(28)26(19-21(2)27(3)4,23-14-7-5-8-15-23)24-16-9-6-10-17-24/h5-18,21H,19H2,1-4H3/t21-/m1/s1. The lowest BCUT2D eigenvalue weighted by Gasteiger charge is -2.38. The predicted molar refractivity (Wildman–Crippen MR) is 117 cm³/mol. The highest BCUT2D eigenvalue weighted by molar-refractivity contribution is 6.06. The molecule has 3 aromatic carbocycles. The second kappa shape index (κ2) is 8.53. The van der Waals surface area contributed by atoms with E-state index < -0.39 is 5.41 Å². The highest BCUT2D eigenvalue weighted by atomic mass is 16.1. The Kier molecular flexibility index (Phi) is 6.11. The van der Waals surface area contributed by atoms with Gasteiger partial charge in [-0.2, -0.15) is 0 Å². The molecule has 2 nitrogen and oxygen atoms in total. The maximum Gasteiger partial charge on any atom is 0.177 e. The van der Waals surface area contributed by atoms with Gasteiger partial charge in [-0.3, -0.25) is 4.79 Å². The number of carbonyl (C=O) groups excluding carboxylic acids is 1. The first-order chi connectivity index (χ1) is 13.4. The number of hydrogen-bond donors (Lipinski definition) is 0. The molecule has 0 aliphatic heterocycles. The summed E-state index contributed by atoms with van der Waals surface area (Å²) in [6.45, 7) is 4.22. The van der Waals surface area contributed by atoms with Gasteiger partial charge < -0.3 is 4.90 Å². The fourth-order valence-corrected chi connectivity index (χ4v) is 3.86. The Labute approximate surface area is 168 Å². The lowest BCUT2D eigenvalue weighted by molar-refractivity contribution is 0.0882. The van der Waals surface area contributed by atoms with E-state index in [0.717, 1.165) is 22.3 Å². The van der Waals surface area contributed by atoms with Crippen molar-refractivity contribution in [3.63, 3.8) is 0 Å². The molecule has 0 heterocycles. The molecular formula is C26H29NO. The summed E-state index contributed by atoms with van der Waals surface area (Å²) in [7, 11) is 4.14. The molecule has 0 saturated heterocycles. The van der Waals surface area contributed by atoms with Gasteiger partial charge in [0, 0.05) is 11.6 Å². The fourth-order valence-electron chi connectivity index (χ4n) is 3.86. The highest BCUT2D eigenvalue weighted by Crippen LogP contribution is 2.40. The van der Waals surface area contributed by atoms with Gasteiger partial charge in [0.15, 0.2) is 5.78 Å². The van der Waals surface area contributed by atoms with Crippen LogP contribution >= 0.6 is 0 Å². The molecular weight excluding hydrogens is 342 g/mol. The van der Waals surface area contributed by atoms with Crippen LogP contribution in [-0.4, -0.2) is 30.8 Å². The second-order valence-corrected chi connectivity index (χ2v) is 7.85. The Morgan fingerprint density at radius 1 is 0.857 bits per heavy atom. The molecule has 3 aromatic rings. The van der Waals surface area contributed by atoms with Crippen LogP contribution in [-0.2, 0) is 5.41 Å². The Morgan fingerprint density at radius 2 is 1.39 bits per heavy atom. The summed E-state index contributed by atoms with van der Waals surface area (Å²) in [6.07, 6.45) is 0.709. The zero-order chi connectivity index (χ0) is 20.1. The van der Waals surface area contributed by atoms with Crippen molar-refractivity contribution in [3.8, 4) is 0 Å². The molecule has 3 rings (SSSR count). The Morgan fingerprint density at radius 3 is 1.86 bits per heavy atom. The third-order valence-corrected chi connectivity index (χ3v) is 5.68. The van der Waals surface area contributed by atoms with Crippen LogP contribution in [0.25, 0.3) is 0 Å². The van der Waals surface area contributed by atoms with Gasteiger partial charge in [-0.15, -0.1) is 0 Å². The summed E-state index contributed by atoms with van der Waals surface area (Å²) in [5, 5.41) is 0. The lowest BCUT2D eigenvalue weighted by Crippen LogP contribution is -2.43. The molecule has 0 saturated carbocycles. The smallest absolute Gasteiger partial charge is 0.177 e. The topological polar surface area (TPSA) is 20.3 Å². The first-order valence-electron chi connectivity index (χ1n) is 9.84. The number of hydrogen-bond acceptors (Lipinski definition) is 2. The Hall–Kier alpha value is -2.71. The van der Waals surface area contributed by atoms with Crippen LogP contribution in [0.1, 0.15) is 40.4 Å². The predicted octanol–water partition coefficient (Wildman–Crippen LogP) is 5.50. The quantitative estimate of drug-likeness (QED) is 0.511. The minimum absolute atomic E-state index is 0.155. The molecule has 28 heavy (non-hydrogen) atoms. The lowest BCUT2D eigenvalue weighted by atomic mass is 9.66. The molecule has 0 unspecified atom stereocenters. The van der Waals surface area contributed by atoms with E-state index in [2.05, 4.69) is 50.2 Å². The van der Waals surface area contributed by atoms with E-state index >= 15 is 0 Å². The molecule has 144 valence electrons. The van der Waals surface area contributed by atoms with Crippen molar-refractivity contribution in [2.45, 2.75) is 31.7 Å². The summed E-state index contributed by atoms with van der Waals surface area (Å²) < 4.78 is 0. The summed E-state index contributed by atoms with van der Waals surface area (Å²) >= 11 is 0. The molecule has 0 aliphatic rings. The van der Waals surface area contributed by atoms with E-state index in [1.165, 1.54) is 0 Å². The Balaban J connectivity index is 2.28. The average molecular weight is 372 g/mol. The number of benzene rings is 3. The molecule has 0 N–H and O–H groups in total. The minimum atomic E-state index is -0.736. The van der Waals surface area contributed by atoms with Gasteiger partial charge in [-0.1, -0.05) is 84.4 Å². The molecule has 0 radical (unpaired) electrons. The van der Waals surface area contributed by atoms with Gasteiger partial charge >= 0.3 is 0 Å². The molecule has 0 aliphatic carbocycles. The second-order valence-electron chi connectivity index (χ2n) is 7.85. The van der Waals surface area contributed by atoms with Gasteiger partial charge in [0.05, 0.1) is 5.41 Å².